The number of hydrogen-bond acceptors (Lipinski definition) is 7. The van der Waals surface area contributed by atoms with Crippen molar-refractivity contribution in [2.75, 3.05) is 13.2 Å². The van der Waals surface area contributed by atoms with Crippen LogP contribution in [0, 0.1) is 5.92 Å². The number of carbonyl (C=O) groups is 2. The highest BCUT2D eigenvalue weighted by molar-refractivity contribution is 7.52. The average Bonchev–Trinajstić information content (AvgIpc) is 3.31. The minimum Gasteiger partial charge on any atom is -0.350 e. The Hall–Kier alpha value is -3.18. The summed E-state index contributed by atoms with van der Waals surface area (Å²) in [5.41, 5.74) is 0.167. The van der Waals surface area contributed by atoms with Gasteiger partial charge in [-0.2, -0.15) is 39.5 Å². The topological polar surface area (TPSA) is 116 Å². The minimum absolute atomic E-state index is 0.146. The molecular weight excluding hydrogens is 628 g/mol. The lowest BCUT2D eigenvalue weighted by Crippen LogP contribution is -2.49. The first-order valence-electron chi connectivity index (χ1n) is 12.2. The maximum atomic E-state index is 13.2. The van der Waals surface area contributed by atoms with Gasteiger partial charge in [-0.15, -0.1) is 5.10 Å². The summed E-state index contributed by atoms with van der Waals surface area (Å²) in [5, 5.41) is 9.81. The molecule has 0 saturated heterocycles. The molecule has 0 aliphatic rings. The van der Waals surface area contributed by atoms with Gasteiger partial charge in [-0.1, -0.05) is 49.4 Å². The zero-order valence-corrected chi connectivity index (χ0v) is 23.6. The van der Waals surface area contributed by atoms with E-state index < -0.39 is 69.8 Å². The van der Waals surface area contributed by atoms with E-state index in [0.717, 1.165) is 10.9 Å². The third-order valence-electron chi connectivity index (χ3n) is 5.54. The van der Waals surface area contributed by atoms with E-state index in [-0.39, 0.29) is 18.2 Å². The van der Waals surface area contributed by atoms with Crippen LogP contribution in [0.15, 0.2) is 36.5 Å². The third kappa shape index (κ3) is 11.8. The molecule has 1 N–H and O–H groups in total. The summed E-state index contributed by atoms with van der Waals surface area (Å²) in [6, 6.07) is 6.88. The molecule has 20 heteroatoms. The molecule has 0 radical (unpaired) electrons. The number of alkyl halides is 9. The molecule has 1 heterocycles. The van der Waals surface area contributed by atoms with Gasteiger partial charge in [-0.25, -0.2) is 0 Å². The molecule has 1 aromatic carbocycles. The van der Waals surface area contributed by atoms with Crippen molar-refractivity contribution in [3.05, 3.63) is 47.8 Å². The Kier molecular flexibility index (Phi) is 11.8. The summed E-state index contributed by atoms with van der Waals surface area (Å²) in [6.07, 6.45) is -20.3. The largest absolute Gasteiger partial charge is 0.471 e. The van der Waals surface area contributed by atoms with E-state index in [1.165, 1.54) is 12.1 Å². The van der Waals surface area contributed by atoms with Gasteiger partial charge in [-0.3, -0.25) is 23.4 Å². The van der Waals surface area contributed by atoms with Gasteiger partial charge in [0, 0.05) is 13.2 Å². The Morgan fingerprint density at radius 1 is 1.02 bits per heavy atom. The van der Waals surface area contributed by atoms with E-state index in [1.54, 1.807) is 32.0 Å². The first-order chi connectivity index (χ1) is 19.6. The Morgan fingerprint density at radius 2 is 1.60 bits per heavy atom. The first-order valence-corrected chi connectivity index (χ1v) is 14.2. The van der Waals surface area contributed by atoms with Crippen molar-refractivity contribution in [3.63, 3.8) is 0 Å². The Balaban J connectivity index is 2.05. The molecule has 1 unspecified atom stereocenters. The lowest BCUT2D eigenvalue weighted by Gasteiger charge is -2.26. The van der Waals surface area contributed by atoms with Crippen LogP contribution in [0.5, 0.6) is 0 Å². The molecule has 2 amide bonds. The second-order valence-corrected chi connectivity index (χ2v) is 11.6. The zero-order valence-electron chi connectivity index (χ0n) is 22.7. The monoisotopic (exact) mass is 655 g/mol. The van der Waals surface area contributed by atoms with Gasteiger partial charge in [0.25, 0.3) is 6.10 Å². The zero-order chi connectivity index (χ0) is 32.8. The minimum atomic E-state index is -5.91. The number of nitrogens with zero attached hydrogens (tertiary/aromatic N) is 4. The van der Waals surface area contributed by atoms with Crippen LogP contribution < -0.4 is 5.32 Å². The van der Waals surface area contributed by atoms with Crippen LogP contribution in [-0.2, 0) is 42.9 Å². The maximum Gasteiger partial charge on any atom is 0.471 e. The quantitative estimate of drug-likeness (QED) is 0.242. The highest BCUT2D eigenvalue weighted by Gasteiger charge is 2.60. The van der Waals surface area contributed by atoms with Crippen LogP contribution in [0.1, 0.15) is 25.1 Å². The van der Waals surface area contributed by atoms with Crippen LogP contribution in [-0.4, -0.2) is 75.6 Å². The highest BCUT2D eigenvalue weighted by Crippen LogP contribution is 2.51. The molecule has 0 bridgehead atoms. The molecule has 0 aliphatic heterocycles. The summed E-state index contributed by atoms with van der Waals surface area (Å²) < 4.78 is 137. The molecule has 2 rings (SSSR count). The third-order valence-corrected chi connectivity index (χ3v) is 6.73. The molecule has 0 spiro atoms. The van der Waals surface area contributed by atoms with Gasteiger partial charge in [-0.05, 0) is 11.5 Å². The van der Waals surface area contributed by atoms with Crippen molar-refractivity contribution in [2.24, 2.45) is 5.92 Å². The fraction of sp³-hybridized carbons (Fsp3) is 0.565. The Morgan fingerprint density at radius 3 is 2.12 bits per heavy atom. The summed E-state index contributed by atoms with van der Waals surface area (Å²) in [7, 11) is -4.91. The SMILES string of the molecule is CC(C)[C@@H](Cn1cc(COP(C)(=O)OC(C(F)(F)F)C(F)(F)F)nn1)NC(=O)CN(Cc1ccccc1)C(=O)C(F)(F)F. The molecule has 242 valence electrons. The normalized spacial score (nSPS) is 14.9. The Labute approximate surface area is 239 Å². The predicted octanol–water partition coefficient (Wildman–Crippen LogP) is 4.86. The van der Waals surface area contributed by atoms with Crippen LogP contribution in [0.2, 0.25) is 0 Å². The number of aromatic nitrogens is 3. The molecule has 10 nitrogen and oxygen atoms in total. The van der Waals surface area contributed by atoms with Gasteiger partial charge in [0.05, 0.1) is 18.8 Å². The van der Waals surface area contributed by atoms with Crippen molar-refractivity contribution in [2.45, 2.75) is 64.2 Å². The molecular formula is C23H27F9N5O5P. The standard InChI is InChI=1S/C23H27F9N5O5P/c1-14(2)17(33-18(38)12-36(20(39)23(30,31)32)9-15-7-5-4-6-8-15)11-37-10-16(34-35-37)13-41-43(3,40)42-19(21(24,25)26)22(27,28)29/h4-8,10,14,17,19H,9,11-13H2,1-3H3,(H,33,38)/t17-,43?/m1/s1. The summed E-state index contributed by atoms with van der Waals surface area (Å²) >= 11 is 0. The van der Waals surface area contributed by atoms with Crippen molar-refractivity contribution < 1.29 is 62.7 Å². The average molecular weight is 655 g/mol. The van der Waals surface area contributed by atoms with E-state index in [4.69, 9.17) is 0 Å². The lowest BCUT2D eigenvalue weighted by molar-refractivity contribution is -0.301. The Bertz CT molecular complexity index is 1250. The second-order valence-electron chi connectivity index (χ2n) is 9.61. The molecule has 1 aromatic heterocycles. The van der Waals surface area contributed by atoms with E-state index in [0.29, 0.717) is 17.1 Å². The fourth-order valence-corrected chi connectivity index (χ4v) is 4.49. The summed E-state index contributed by atoms with van der Waals surface area (Å²) in [5.74, 6) is -3.49. The van der Waals surface area contributed by atoms with Crippen LogP contribution in [0.3, 0.4) is 0 Å². The number of nitrogens with one attached hydrogen (secondary N) is 1. The molecule has 43 heavy (non-hydrogen) atoms. The number of amides is 2. The van der Waals surface area contributed by atoms with Gasteiger partial charge >= 0.3 is 32.0 Å². The van der Waals surface area contributed by atoms with Crippen LogP contribution in [0.25, 0.3) is 0 Å². The number of hydrogen-bond donors (Lipinski definition) is 1. The maximum absolute atomic E-state index is 13.2. The molecule has 0 aliphatic carbocycles. The fourth-order valence-electron chi connectivity index (χ4n) is 3.44. The molecule has 2 aromatic rings. The van der Waals surface area contributed by atoms with Crippen molar-refractivity contribution >= 4 is 19.4 Å². The number of carbonyl (C=O) groups excluding carboxylic acids is 2. The van der Waals surface area contributed by atoms with Gasteiger partial charge in [0.1, 0.15) is 18.8 Å². The highest BCUT2D eigenvalue weighted by atomic mass is 31.2. The second kappa shape index (κ2) is 14.1. The van der Waals surface area contributed by atoms with E-state index in [2.05, 4.69) is 24.7 Å². The van der Waals surface area contributed by atoms with Gasteiger partial charge in [0.15, 0.2) is 0 Å². The number of rotatable bonds is 13. The van der Waals surface area contributed by atoms with Crippen molar-refractivity contribution in [1.82, 2.24) is 25.2 Å². The van der Waals surface area contributed by atoms with E-state index in [9.17, 15) is 53.7 Å². The van der Waals surface area contributed by atoms with Gasteiger partial charge in [0.2, 0.25) is 5.91 Å². The molecule has 0 fully saturated rings. The number of halogens is 9. The van der Waals surface area contributed by atoms with Crippen LogP contribution in [0.4, 0.5) is 39.5 Å². The van der Waals surface area contributed by atoms with Crippen molar-refractivity contribution in [3.8, 4) is 0 Å². The van der Waals surface area contributed by atoms with Crippen molar-refractivity contribution in [1.29, 1.82) is 0 Å². The predicted molar refractivity (Wildman–Crippen MR) is 130 cm³/mol. The molecule has 0 saturated carbocycles. The van der Waals surface area contributed by atoms with E-state index in [1.807, 2.05) is 0 Å². The summed E-state index contributed by atoms with van der Waals surface area (Å²) in [6.45, 7) is 1.28. The summed E-state index contributed by atoms with van der Waals surface area (Å²) in [4.78, 5) is 25.0. The number of benzene rings is 1. The van der Waals surface area contributed by atoms with E-state index >= 15 is 0 Å². The molecule has 2 atom stereocenters. The first kappa shape index (κ1) is 36.0. The van der Waals surface area contributed by atoms with Gasteiger partial charge < -0.3 is 14.7 Å². The smallest absolute Gasteiger partial charge is 0.350 e. The lowest BCUT2D eigenvalue weighted by atomic mass is 10.0. The van der Waals surface area contributed by atoms with Crippen LogP contribution >= 0.6 is 7.60 Å².